The van der Waals surface area contributed by atoms with Crippen LogP contribution in [0.3, 0.4) is 0 Å². The normalized spacial score (nSPS) is 17.0. The van der Waals surface area contributed by atoms with Crippen molar-refractivity contribution in [1.82, 2.24) is 0 Å². The van der Waals surface area contributed by atoms with Gasteiger partial charge < -0.3 is 19.7 Å². The lowest BCUT2D eigenvalue weighted by molar-refractivity contribution is 0.0849. The molecule has 0 aliphatic carbocycles. The van der Waals surface area contributed by atoms with Gasteiger partial charge in [0.1, 0.15) is 17.6 Å². The molecule has 108 valence electrons. The highest BCUT2D eigenvalue weighted by atomic mass is 16.5. The summed E-state index contributed by atoms with van der Waals surface area (Å²) in [5, 5.41) is 19.2. The summed E-state index contributed by atoms with van der Waals surface area (Å²) in [6.07, 6.45) is -0.311. The third-order valence-electron chi connectivity index (χ3n) is 3.48. The van der Waals surface area contributed by atoms with Crippen LogP contribution in [0, 0.1) is 0 Å². The van der Waals surface area contributed by atoms with Gasteiger partial charge in [0, 0.05) is 0 Å². The molecule has 1 aliphatic rings. The minimum absolute atomic E-state index is 0.00236. The van der Waals surface area contributed by atoms with Crippen molar-refractivity contribution in [2.45, 2.75) is 12.5 Å². The highest BCUT2D eigenvalue weighted by Gasteiger charge is 2.28. The minimum Gasteiger partial charge on any atom is -0.508 e. The molecule has 0 fully saturated rings. The van der Waals surface area contributed by atoms with Crippen molar-refractivity contribution in [1.29, 1.82) is 0 Å². The van der Waals surface area contributed by atoms with Crippen LogP contribution < -0.4 is 9.47 Å². The predicted molar refractivity (Wildman–Crippen MR) is 75.1 cm³/mol. The van der Waals surface area contributed by atoms with E-state index in [1.54, 1.807) is 18.2 Å². The largest absolute Gasteiger partial charge is 0.508 e. The van der Waals surface area contributed by atoms with E-state index in [1.165, 1.54) is 25.3 Å². The molecular weight excluding hydrogens is 272 g/mol. The van der Waals surface area contributed by atoms with E-state index in [1.807, 2.05) is 0 Å². The van der Waals surface area contributed by atoms with E-state index >= 15 is 0 Å². The average molecular weight is 286 g/mol. The monoisotopic (exact) mass is 286 g/mol. The summed E-state index contributed by atoms with van der Waals surface area (Å²) in [6.45, 7) is 0. The Bertz CT molecular complexity index is 708. The number of carbonyl (C=O) groups excluding carboxylic acids is 1. The lowest BCUT2D eigenvalue weighted by atomic mass is 9.96. The summed E-state index contributed by atoms with van der Waals surface area (Å²) in [4.78, 5) is 12.2. The molecule has 0 saturated heterocycles. The number of phenols is 2. The van der Waals surface area contributed by atoms with Crippen LogP contribution in [0.15, 0.2) is 36.4 Å². The number of benzene rings is 2. The summed E-state index contributed by atoms with van der Waals surface area (Å²) < 4.78 is 10.8. The fourth-order valence-electron chi connectivity index (χ4n) is 2.41. The number of carbonyl (C=O) groups is 1. The number of phenolic OH excluding ortho intramolecular Hbond substituents is 2. The molecule has 0 saturated carbocycles. The van der Waals surface area contributed by atoms with Crippen LogP contribution in [0.5, 0.6) is 23.0 Å². The molecule has 3 rings (SSSR count). The lowest BCUT2D eigenvalue weighted by Gasteiger charge is -2.25. The number of fused-ring (bicyclic) bond motifs is 1. The first-order valence-corrected chi connectivity index (χ1v) is 6.48. The number of rotatable bonds is 2. The number of methoxy groups -OCH3 is 1. The summed E-state index contributed by atoms with van der Waals surface area (Å²) >= 11 is 0. The van der Waals surface area contributed by atoms with Crippen LogP contribution >= 0.6 is 0 Å². The van der Waals surface area contributed by atoms with Crippen molar-refractivity contribution in [3.05, 3.63) is 47.5 Å². The second kappa shape index (κ2) is 5.01. The first kappa shape index (κ1) is 13.3. The van der Waals surface area contributed by atoms with Crippen molar-refractivity contribution in [3.8, 4) is 23.0 Å². The van der Waals surface area contributed by atoms with Crippen LogP contribution in [-0.4, -0.2) is 23.1 Å². The third-order valence-corrected chi connectivity index (χ3v) is 3.48. The van der Waals surface area contributed by atoms with Gasteiger partial charge in [-0.2, -0.15) is 0 Å². The molecule has 0 amide bonds. The van der Waals surface area contributed by atoms with Gasteiger partial charge in [-0.3, -0.25) is 4.79 Å². The van der Waals surface area contributed by atoms with Crippen molar-refractivity contribution in [2.24, 2.45) is 0 Å². The maximum atomic E-state index is 12.2. The maximum absolute atomic E-state index is 12.2. The summed E-state index contributed by atoms with van der Waals surface area (Å²) in [5.74, 6) is 0.733. The number of ketones is 1. The van der Waals surface area contributed by atoms with Crippen molar-refractivity contribution in [3.63, 3.8) is 0 Å². The Hall–Kier alpha value is -2.69. The van der Waals surface area contributed by atoms with Gasteiger partial charge in [-0.05, 0) is 35.9 Å². The van der Waals surface area contributed by atoms with E-state index in [0.717, 1.165) is 0 Å². The molecule has 1 heterocycles. The first-order valence-electron chi connectivity index (χ1n) is 6.48. The number of hydrogen-bond acceptors (Lipinski definition) is 5. The van der Waals surface area contributed by atoms with E-state index in [-0.39, 0.29) is 23.7 Å². The second-order valence-corrected chi connectivity index (χ2v) is 4.85. The van der Waals surface area contributed by atoms with E-state index in [4.69, 9.17) is 9.47 Å². The number of aromatic hydroxyl groups is 2. The Balaban J connectivity index is 1.94. The van der Waals surface area contributed by atoms with E-state index in [2.05, 4.69) is 0 Å². The zero-order valence-corrected chi connectivity index (χ0v) is 11.4. The summed E-state index contributed by atoms with van der Waals surface area (Å²) in [7, 11) is 1.47. The van der Waals surface area contributed by atoms with E-state index in [0.29, 0.717) is 22.6 Å². The van der Waals surface area contributed by atoms with Gasteiger partial charge in [-0.25, -0.2) is 0 Å². The Morgan fingerprint density at radius 2 is 2.00 bits per heavy atom. The topological polar surface area (TPSA) is 76.0 Å². The van der Waals surface area contributed by atoms with Gasteiger partial charge in [-0.15, -0.1) is 0 Å². The zero-order valence-electron chi connectivity index (χ0n) is 11.4. The molecule has 0 spiro atoms. The molecule has 2 N–H and O–H groups in total. The predicted octanol–water partition coefficient (Wildman–Crippen LogP) is 2.81. The number of ether oxygens (including phenoxy) is 2. The van der Waals surface area contributed by atoms with Crippen molar-refractivity contribution >= 4 is 5.78 Å². The molecule has 2 aromatic rings. The molecule has 0 aromatic heterocycles. The van der Waals surface area contributed by atoms with Gasteiger partial charge in [0.25, 0.3) is 0 Å². The van der Waals surface area contributed by atoms with E-state index < -0.39 is 6.10 Å². The molecule has 0 radical (unpaired) electrons. The molecule has 21 heavy (non-hydrogen) atoms. The van der Waals surface area contributed by atoms with Crippen LogP contribution in [0.2, 0.25) is 0 Å². The molecule has 1 aliphatic heterocycles. The molecule has 5 nitrogen and oxygen atoms in total. The first-order chi connectivity index (χ1) is 10.1. The summed E-state index contributed by atoms with van der Waals surface area (Å²) in [5.41, 5.74) is 1.07. The van der Waals surface area contributed by atoms with E-state index in [9.17, 15) is 15.0 Å². The average Bonchev–Trinajstić information content (AvgIpc) is 2.47. The second-order valence-electron chi connectivity index (χ2n) is 4.85. The fraction of sp³-hybridized carbons (Fsp3) is 0.188. The van der Waals surface area contributed by atoms with Crippen LogP contribution in [0.4, 0.5) is 0 Å². The molecule has 1 atom stereocenters. The number of hydrogen-bond donors (Lipinski definition) is 2. The van der Waals surface area contributed by atoms with Gasteiger partial charge in [0.05, 0.1) is 19.1 Å². The minimum atomic E-state index is -0.466. The quantitative estimate of drug-likeness (QED) is 0.887. The standard InChI is InChI=1S/C16H14O5/c1-20-15-4-2-9(6-13(15)19)16-8-12(18)11-7-10(17)3-5-14(11)21-16/h2-7,16-17,19H,8H2,1H3/t16-/m1/s1. The van der Waals surface area contributed by atoms with Gasteiger partial charge in [0.15, 0.2) is 17.3 Å². The molecular formula is C16H14O5. The fourth-order valence-corrected chi connectivity index (χ4v) is 2.41. The van der Waals surface area contributed by atoms with Gasteiger partial charge >= 0.3 is 0 Å². The van der Waals surface area contributed by atoms with Crippen LogP contribution in [0.25, 0.3) is 0 Å². The molecule has 2 aromatic carbocycles. The Kier molecular flexibility index (Phi) is 3.17. The maximum Gasteiger partial charge on any atom is 0.170 e. The Morgan fingerprint density at radius 1 is 1.19 bits per heavy atom. The lowest BCUT2D eigenvalue weighted by Crippen LogP contribution is -2.20. The Morgan fingerprint density at radius 3 is 2.71 bits per heavy atom. The SMILES string of the molecule is COc1ccc([C@H]2CC(=O)c3cc(O)ccc3O2)cc1O. The molecule has 0 unspecified atom stereocenters. The van der Waals surface area contributed by atoms with Crippen molar-refractivity contribution < 1.29 is 24.5 Å². The molecule has 0 bridgehead atoms. The highest BCUT2D eigenvalue weighted by molar-refractivity contribution is 6.00. The number of Topliss-reactive ketones (excluding diaryl/α,β-unsaturated/α-hetero) is 1. The summed E-state index contributed by atoms with van der Waals surface area (Å²) in [6, 6.07) is 9.35. The van der Waals surface area contributed by atoms with Gasteiger partial charge in [-0.1, -0.05) is 6.07 Å². The van der Waals surface area contributed by atoms with Crippen molar-refractivity contribution in [2.75, 3.05) is 7.11 Å². The highest BCUT2D eigenvalue weighted by Crippen LogP contribution is 2.38. The smallest absolute Gasteiger partial charge is 0.170 e. The van der Waals surface area contributed by atoms with Gasteiger partial charge in [0.2, 0.25) is 0 Å². The van der Waals surface area contributed by atoms with Crippen LogP contribution in [0.1, 0.15) is 28.4 Å². The van der Waals surface area contributed by atoms with Crippen LogP contribution in [-0.2, 0) is 0 Å². The zero-order chi connectivity index (χ0) is 15.0. The third kappa shape index (κ3) is 2.38. The molecule has 5 heteroatoms. The Labute approximate surface area is 121 Å².